The number of hydrogen-bond acceptors (Lipinski definition) is 6. The molecule has 0 saturated carbocycles. The summed E-state index contributed by atoms with van der Waals surface area (Å²) < 4.78 is 5.06. The quantitative estimate of drug-likeness (QED) is 0.620. The van der Waals surface area contributed by atoms with Crippen LogP contribution in [0.25, 0.3) is 0 Å². The molecule has 1 amide bonds. The fourth-order valence-corrected chi connectivity index (χ4v) is 2.40. The van der Waals surface area contributed by atoms with Gasteiger partial charge in [0.05, 0.1) is 12.9 Å². The van der Waals surface area contributed by atoms with Gasteiger partial charge in [-0.3, -0.25) is 9.59 Å². The highest BCUT2D eigenvalue weighted by Crippen LogP contribution is 2.18. The number of rotatable bonds is 7. The number of hydrogen-bond donors (Lipinski definition) is 1. The maximum absolute atomic E-state index is 12.1. The maximum Gasteiger partial charge on any atom is 0.225 e. The van der Waals surface area contributed by atoms with Crippen LogP contribution < -0.4 is 10.1 Å². The molecule has 0 saturated heterocycles. The highest BCUT2D eigenvalue weighted by molar-refractivity contribution is 7.99. The van der Waals surface area contributed by atoms with E-state index >= 15 is 0 Å². The Morgan fingerprint density at radius 1 is 1.13 bits per heavy atom. The Morgan fingerprint density at radius 3 is 2.43 bits per heavy atom. The molecule has 0 atom stereocenters. The summed E-state index contributed by atoms with van der Waals surface area (Å²) in [5, 5.41) is 11.1. The normalized spacial score (nSPS) is 10.2. The lowest BCUT2D eigenvalue weighted by Crippen LogP contribution is -2.11. The van der Waals surface area contributed by atoms with Crippen LogP contribution in [0.2, 0.25) is 0 Å². The predicted molar refractivity (Wildman–Crippen MR) is 89.0 cm³/mol. The molecule has 1 heterocycles. The molecular formula is C16H17N3O3S. The van der Waals surface area contributed by atoms with Gasteiger partial charge < -0.3 is 10.1 Å². The Morgan fingerprint density at radius 2 is 1.87 bits per heavy atom. The summed E-state index contributed by atoms with van der Waals surface area (Å²) in [5.74, 6) is 1.27. The van der Waals surface area contributed by atoms with Crippen molar-refractivity contribution in [3.63, 3.8) is 0 Å². The summed E-state index contributed by atoms with van der Waals surface area (Å²) in [6.07, 6.45) is 0.383. The van der Waals surface area contributed by atoms with E-state index in [0.29, 0.717) is 28.6 Å². The second-order valence-electron chi connectivity index (χ2n) is 4.60. The van der Waals surface area contributed by atoms with E-state index in [4.69, 9.17) is 4.74 Å². The van der Waals surface area contributed by atoms with Gasteiger partial charge in [-0.05, 0) is 36.4 Å². The van der Waals surface area contributed by atoms with Crippen molar-refractivity contribution < 1.29 is 14.3 Å². The van der Waals surface area contributed by atoms with Gasteiger partial charge in [-0.2, -0.15) is 0 Å². The fraction of sp³-hybridized carbons (Fsp3) is 0.250. The van der Waals surface area contributed by atoms with Crippen LogP contribution in [0.4, 0.5) is 5.82 Å². The van der Waals surface area contributed by atoms with Crippen molar-refractivity contribution in [3.05, 3.63) is 42.0 Å². The maximum atomic E-state index is 12.1. The zero-order valence-corrected chi connectivity index (χ0v) is 13.7. The monoisotopic (exact) mass is 331 g/mol. The highest BCUT2D eigenvalue weighted by atomic mass is 32.2. The lowest BCUT2D eigenvalue weighted by atomic mass is 10.1. The Labute approximate surface area is 138 Å². The number of methoxy groups -OCH3 is 1. The Hall–Kier alpha value is -2.41. The van der Waals surface area contributed by atoms with E-state index in [9.17, 15) is 9.59 Å². The molecule has 0 aliphatic rings. The number of nitrogens with zero attached hydrogens (tertiary/aromatic N) is 2. The average molecular weight is 331 g/mol. The number of Topliss-reactive ketones (excluding diaryl/α,β-unsaturated/α-hetero) is 1. The zero-order chi connectivity index (χ0) is 16.7. The smallest absolute Gasteiger partial charge is 0.225 e. The third kappa shape index (κ3) is 5.07. The molecule has 0 bridgehead atoms. The van der Waals surface area contributed by atoms with Crippen molar-refractivity contribution in [3.8, 4) is 5.75 Å². The zero-order valence-electron chi connectivity index (χ0n) is 12.9. The van der Waals surface area contributed by atoms with Crippen molar-refractivity contribution in [1.29, 1.82) is 0 Å². The SMILES string of the molecule is CCC(=O)Nc1ccc(SCC(=O)c2ccc(OC)cc2)nn1. The number of benzene rings is 1. The highest BCUT2D eigenvalue weighted by Gasteiger charge is 2.08. The third-order valence-electron chi connectivity index (χ3n) is 2.99. The molecule has 2 aromatic rings. The van der Waals surface area contributed by atoms with E-state index in [1.165, 1.54) is 11.8 Å². The number of thioether (sulfide) groups is 1. The van der Waals surface area contributed by atoms with Crippen LogP contribution in [0.5, 0.6) is 5.75 Å². The standard InChI is InChI=1S/C16H17N3O3S/c1-3-15(21)17-14-8-9-16(19-18-14)23-10-13(20)11-4-6-12(22-2)7-5-11/h4-9H,3,10H2,1-2H3,(H,17,18,21). The van der Waals surface area contributed by atoms with Crippen molar-refractivity contribution in [2.24, 2.45) is 0 Å². The summed E-state index contributed by atoms with van der Waals surface area (Å²) in [7, 11) is 1.58. The first-order chi connectivity index (χ1) is 11.1. The summed E-state index contributed by atoms with van der Waals surface area (Å²) in [6, 6.07) is 10.4. The summed E-state index contributed by atoms with van der Waals surface area (Å²) in [4.78, 5) is 23.3. The lowest BCUT2D eigenvalue weighted by molar-refractivity contribution is -0.115. The lowest BCUT2D eigenvalue weighted by Gasteiger charge is -2.04. The molecule has 23 heavy (non-hydrogen) atoms. The molecule has 0 aliphatic heterocycles. The predicted octanol–water partition coefficient (Wildman–Crippen LogP) is 2.81. The van der Waals surface area contributed by atoms with Gasteiger partial charge in [-0.15, -0.1) is 10.2 Å². The van der Waals surface area contributed by atoms with Gasteiger partial charge in [0.25, 0.3) is 0 Å². The number of aromatic nitrogens is 2. The molecule has 1 N–H and O–H groups in total. The van der Waals surface area contributed by atoms with Crippen LogP contribution in [-0.2, 0) is 4.79 Å². The van der Waals surface area contributed by atoms with Crippen molar-refractivity contribution in [2.75, 3.05) is 18.2 Å². The van der Waals surface area contributed by atoms with E-state index in [1.807, 2.05) is 0 Å². The van der Waals surface area contributed by atoms with Gasteiger partial charge in [0, 0.05) is 12.0 Å². The van der Waals surface area contributed by atoms with Crippen molar-refractivity contribution in [2.45, 2.75) is 18.4 Å². The van der Waals surface area contributed by atoms with E-state index in [-0.39, 0.29) is 17.4 Å². The van der Waals surface area contributed by atoms with Crippen LogP contribution in [0.3, 0.4) is 0 Å². The molecule has 6 nitrogen and oxygen atoms in total. The number of nitrogens with one attached hydrogen (secondary N) is 1. The van der Waals surface area contributed by atoms with Crippen LogP contribution in [0, 0.1) is 0 Å². The average Bonchev–Trinajstić information content (AvgIpc) is 2.60. The van der Waals surface area contributed by atoms with Crippen LogP contribution in [-0.4, -0.2) is 34.8 Å². The van der Waals surface area contributed by atoms with Crippen LogP contribution >= 0.6 is 11.8 Å². The molecular weight excluding hydrogens is 314 g/mol. The van der Waals surface area contributed by atoms with E-state index in [2.05, 4.69) is 15.5 Å². The van der Waals surface area contributed by atoms with Crippen molar-refractivity contribution in [1.82, 2.24) is 10.2 Å². The molecule has 1 aromatic carbocycles. The fourth-order valence-electron chi connectivity index (χ4n) is 1.69. The third-order valence-corrected chi connectivity index (χ3v) is 3.91. The molecule has 0 unspecified atom stereocenters. The molecule has 0 radical (unpaired) electrons. The summed E-state index contributed by atoms with van der Waals surface area (Å²) in [6.45, 7) is 1.76. The van der Waals surface area contributed by atoms with Crippen LogP contribution in [0.15, 0.2) is 41.4 Å². The topological polar surface area (TPSA) is 81.2 Å². The summed E-state index contributed by atoms with van der Waals surface area (Å²) in [5.41, 5.74) is 0.623. The molecule has 0 aliphatic carbocycles. The number of ketones is 1. The number of carbonyl (C=O) groups excluding carboxylic acids is 2. The number of amides is 1. The van der Waals surface area contributed by atoms with Crippen molar-refractivity contribution >= 4 is 29.3 Å². The van der Waals surface area contributed by atoms with Gasteiger partial charge >= 0.3 is 0 Å². The second kappa shape index (κ2) is 8.28. The van der Waals surface area contributed by atoms with Gasteiger partial charge in [0.15, 0.2) is 11.6 Å². The Balaban J connectivity index is 1.89. The van der Waals surface area contributed by atoms with Gasteiger partial charge in [-0.1, -0.05) is 18.7 Å². The second-order valence-corrected chi connectivity index (χ2v) is 5.59. The minimum Gasteiger partial charge on any atom is -0.497 e. The van der Waals surface area contributed by atoms with Gasteiger partial charge in [-0.25, -0.2) is 0 Å². The Kier molecular flexibility index (Phi) is 6.10. The van der Waals surface area contributed by atoms with E-state index < -0.39 is 0 Å². The number of carbonyl (C=O) groups is 2. The van der Waals surface area contributed by atoms with Crippen LogP contribution in [0.1, 0.15) is 23.7 Å². The number of ether oxygens (including phenoxy) is 1. The molecule has 7 heteroatoms. The largest absolute Gasteiger partial charge is 0.497 e. The van der Waals surface area contributed by atoms with E-state index in [0.717, 1.165) is 0 Å². The van der Waals surface area contributed by atoms with Gasteiger partial charge in [0.2, 0.25) is 5.91 Å². The molecule has 1 aromatic heterocycles. The summed E-state index contributed by atoms with van der Waals surface area (Å²) >= 11 is 1.30. The van der Waals surface area contributed by atoms with E-state index in [1.54, 1.807) is 50.4 Å². The van der Waals surface area contributed by atoms with Gasteiger partial charge in [0.1, 0.15) is 10.8 Å². The first kappa shape index (κ1) is 17.0. The molecule has 2 rings (SSSR count). The molecule has 0 spiro atoms. The number of anilines is 1. The molecule has 0 fully saturated rings. The Bertz CT molecular complexity index is 672. The molecule has 120 valence electrons. The first-order valence-corrected chi connectivity index (χ1v) is 8.04. The first-order valence-electron chi connectivity index (χ1n) is 7.06. The minimum absolute atomic E-state index is 0.00261. The minimum atomic E-state index is -0.116.